The molecule has 0 fully saturated rings. The van der Waals surface area contributed by atoms with E-state index in [4.69, 9.17) is 0 Å². The predicted molar refractivity (Wildman–Crippen MR) is 68.5 cm³/mol. The minimum atomic E-state index is -3.11. The Bertz CT molecular complexity index is 489. The lowest BCUT2D eigenvalue weighted by Gasteiger charge is -2.12. The molecule has 2 aromatic rings. The monoisotopic (exact) mass is 253 g/mol. The second-order valence-corrected chi connectivity index (χ2v) is 3.58. The van der Waals surface area contributed by atoms with Crippen LogP contribution < -0.4 is 0 Å². The van der Waals surface area contributed by atoms with E-state index >= 15 is 0 Å². The van der Waals surface area contributed by atoms with Crippen LogP contribution in [0.5, 0.6) is 0 Å². The minimum Gasteiger partial charge on any atom is -0.316 e. The number of fused-ring (bicyclic) bond motifs is 1. The third-order valence-corrected chi connectivity index (χ3v) is 2.22. The summed E-state index contributed by atoms with van der Waals surface area (Å²) < 4.78 is 29.6. The first kappa shape index (κ1) is 14.5. The first-order valence-electron chi connectivity index (χ1n) is 5.91. The highest BCUT2D eigenvalue weighted by Gasteiger charge is 2.21. The van der Waals surface area contributed by atoms with Crippen LogP contribution in [-0.4, -0.2) is 11.1 Å². The number of ether oxygens (including phenoxy) is 1. The van der Waals surface area contributed by atoms with E-state index in [0.29, 0.717) is 5.56 Å². The SMILES string of the molecule is CC.CC(F)(F)OCc1cccc2ncccc12. The molecule has 4 heteroatoms. The van der Waals surface area contributed by atoms with Crippen molar-refractivity contribution in [3.63, 3.8) is 0 Å². The van der Waals surface area contributed by atoms with Gasteiger partial charge in [0.1, 0.15) is 0 Å². The molecule has 0 spiro atoms. The number of alkyl halides is 2. The van der Waals surface area contributed by atoms with E-state index < -0.39 is 6.11 Å². The molecule has 0 saturated heterocycles. The fraction of sp³-hybridized carbons (Fsp3) is 0.357. The Hall–Kier alpha value is -1.55. The van der Waals surface area contributed by atoms with Crippen LogP contribution in [0.3, 0.4) is 0 Å². The summed E-state index contributed by atoms with van der Waals surface area (Å²) in [4.78, 5) is 4.14. The van der Waals surface area contributed by atoms with E-state index in [0.717, 1.165) is 17.8 Å². The van der Waals surface area contributed by atoms with Crippen LogP contribution in [-0.2, 0) is 11.3 Å². The van der Waals surface area contributed by atoms with E-state index in [1.807, 2.05) is 26.0 Å². The Morgan fingerprint density at radius 1 is 1.17 bits per heavy atom. The first-order valence-corrected chi connectivity index (χ1v) is 5.91. The fourth-order valence-corrected chi connectivity index (χ4v) is 1.50. The maximum atomic E-state index is 12.6. The smallest absolute Gasteiger partial charge is 0.316 e. The van der Waals surface area contributed by atoms with Crippen LogP contribution in [0.15, 0.2) is 36.5 Å². The zero-order chi connectivity index (χ0) is 13.6. The molecule has 0 amide bonds. The standard InChI is InChI=1S/C12H11F2NO.C2H6/c1-12(13,14)16-8-9-4-2-6-11-10(9)5-3-7-15-11;1-2/h2-7H,8H2,1H3;1-2H3. The lowest BCUT2D eigenvalue weighted by molar-refractivity contribution is -0.231. The van der Waals surface area contributed by atoms with Gasteiger partial charge in [-0.05, 0) is 17.7 Å². The molecule has 0 atom stereocenters. The summed E-state index contributed by atoms with van der Waals surface area (Å²) in [6.07, 6.45) is -1.44. The fourth-order valence-electron chi connectivity index (χ4n) is 1.50. The quantitative estimate of drug-likeness (QED) is 0.809. The molecular formula is C14H17F2NO. The molecule has 0 N–H and O–H groups in total. The van der Waals surface area contributed by atoms with Crippen molar-refractivity contribution in [2.75, 3.05) is 0 Å². The van der Waals surface area contributed by atoms with Crippen LogP contribution in [0.1, 0.15) is 26.3 Å². The van der Waals surface area contributed by atoms with E-state index in [1.54, 1.807) is 24.4 Å². The number of pyridine rings is 1. The van der Waals surface area contributed by atoms with Gasteiger partial charge < -0.3 is 4.74 Å². The van der Waals surface area contributed by atoms with Crippen LogP contribution in [0.4, 0.5) is 8.78 Å². The zero-order valence-corrected chi connectivity index (χ0v) is 10.8. The van der Waals surface area contributed by atoms with Gasteiger partial charge in [0.25, 0.3) is 0 Å². The van der Waals surface area contributed by atoms with Gasteiger partial charge >= 0.3 is 6.11 Å². The summed E-state index contributed by atoms with van der Waals surface area (Å²) >= 11 is 0. The first-order chi connectivity index (χ1) is 8.56. The van der Waals surface area contributed by atoms with Gasteiger partial charge in [-0.1, -0.05) is 32.0 Å². The van der Waals surface area contributed by atoms with Crippen molar-refractivity contribution in [3.05, 3.63) is 42.1 Å². The molecule has 1 aromatic carbocycles. The molecule has 0 aliphatic rings. The highest BCUT2D eigenvalue weighted by atomic mass is 19.3. The van der Waals surface area contributed by atoms with Gasteiger partial charge in [-0.3, -0.25) is 4.98 Å². The van der Waals surface area contributed by atoms with Gasteiger partial charge in [0, 0.05) is 18.5 Å². The van der Waals surface area contributed by atoms with Crippen molar-refractivity contribution in [3.8, 4) is 0 Å². The summed E-state index contributed by atoms with van der Waals surface area (Å²) in [5.74, 6) is 0. The number of hydrogen-bond donors (Lipinski definition) is 0. The molecule has 0 radical (unpaired) electrons. The number of benzene rings is 1. The zero-order valence-electron chi connectivity index (χ0n) is 10.8. The van der Waals surface area contributed by atoms with Gasteiger partial charge in [-0.15, -0.1) is 0 Å². The predicted octanol–water partition coefficient (Wildman–Crippen LogP) is 4.39. The Labute approximate surface area is 106 Å². The number of nitrogens with zero attached hydrogens (tertiary/aromatic N) is 1. The number of halogens is 2. The Morgan fingerprint density at radius 3 is 2.56 bits per heavy atom. The third-order valence-electron chi connectivity index (χ3n) is 2.22. The molecule has 2 nitrogen and oxygen atoms in total. The molecular weight excluding hydrogens is 236 g/mol. The molecule has 1 aromatic heterocycles. The molecule has 0 saturated carbocycles. The maximum Gasteiger partial charge on any atom is 0.353 e. The van der Waals surface area contributed by atoms with Crippen LogP contribution in [0, 0.1) is 0 Å². The highest BCUT2D eigenvalue weighted by Crippen LogP contribution is 2.21. The molecule has 0 aliphatic heterocycles. The van der Waals surface area contributed by atoms with E-state index in [1.165, 1.54) is 0 Å². The van der Waals surface area contributed by atoms with Gasteiger partial charge in [0.15, 0.2) is 0 Å². The second-order valence-electron chi connectivity index (χ2n) is 3.58. The van der Waals surface area contributed by atoms with Gasteiger partial charge in [-0.2, -0.15) is 8.78 Å². The van der Waals surface area contributed by atoms with E-state index in [2.05, 4.69) is 9.72 Å². The summed E-state index contributed by atoms with van der Waals surface area (Å²) in [7, 11) is 0. The Kier molecular flexibility index (Phi) is 5.16. The van der Waals surface area contributed by atoms with Crippen molar-refractivity contribution in [1.29, 1.82) is 0 Å². The summed E-state index contributed by atoms with van der Waals surface area (Å²) in [5.41, 5.74) is 1.50. The van der Waals surface area contributed by atoms with Crippen molar-refractivity contribution >= 4 is 10.9 Å². The van der Waals surface area contributed by atoms with Crippen molar-refractivity contribution in [2.24, 2.45) is 0 Å². The van der Waals surface area contributed by atoms with Crippen LogP contribution in [0.2, 0.25) is 0 Å². The number of rotatable bonds is 3. The van der Waals surface area contributed by atoms with E-state index in [-0.39, 0.29) is 6.61 Å². The lowest BCUT2D eigenvalue weighted by Crippen LogP contribution is -2.14. The van der Waals surface area contributed by atoms with Gasteiger partial charge in [-0.25, -0.2) is 0 Å². The Balaban J connectivity index is 0.000000771. The van der Waals surface area contributed by atoms with Crippen molar-refractivity contribution < 1.29 is 13.5 Å². The molecule has 0 aliphatic carbocycles. The van der Waals surface area contributed by atoms with Crippen LogP contribution >= 0.6 is 0 Å². The average Bonchev–Trinajstić information content (AvgIpc) is 2.38. The molecule has 0 bridgehead atoms. The molecule has 1 heterocycles. The summed E-state index contributed by atoms with van der Waals surface area (Å²) in [6.45, 7) is 4.61. The third kappa shape index (κ3) is 4.04. The second kappa shape index (κ2) is 6.40. The lowest BCUT2D eigenvalue weighted by atomic mass is 10.1. The molecule has 2 rings (SSSR count). The van der Waals surface area contributed by atoms with Crippen molar-refractivity contribution in [1.82, 2.24) is 4.98 Å². The van der Waals surface area contributed by atoms with Crippen LogP contribution in [0.25, 0.3) is 10.9 Å². The number of hydrogen-bond acceptors (Lipinski definition) is 2. The highest BCUT2D eigenvalue weighted by molar-refractivity contribution is 5.81. The molecule has 0 unspecified atom stereocenters. The minimum absolute atomic E-state index is 0.119. The number of aromatic nitrogens is 1. The largest absolute Gasteiger partial charge is 0.353 e. The summed E-state index contributed by atoms with van der Waals surface area (Å²) in [6, 6.07) is 8.99. The maximum absolute atomic E-state index is 12.6. The van der Waals surface area contributed by atoms with Crippen molar-refractivity contribution in [2.45, 2.75) is 33.5 Å². The van der Waals surface area contributed by atoms with Gasteiger partial charge in [0.2, 0.25) is 0 Å². The average molecular weight is 253 g/mol. The van der Waals surface area contributed by atoms with E-state index in [9.17, 15) is 8.78 Å². The summed E-state index contributed by atoms with van der Waals surface area (Å²) in [5, 5.41) is 0.842. The molecule has 18 heavy (non-hydrogen) atoms. The Morgan fingerprint density at radius 2 is 1.89 bits per heavy atom. The molecule has 98 valence electrons. The normalized spacial score (nSPS) is 10.9. The van der Waals surface area contributed by atoms with Gasteiger partial charge in [0.05, 0.1) is 12.1 Å². The topological polar surface area (TPSA) is 22.1 Å².